The lowest BCUT2D eigenvalue weighted by atomic mass is 10.1. The second-order valence-corrected chi connectivity index (χ2v) is 9.88. The van der Waals surface area contributed by atoms with Gasteiger partial charge in [0.15, 0.2) is 5.82 Å². The second kappa shape index (κ2) is 11.2. The zero-order valence-electron chi connectivity index (χ0n) is 20.4. The predicted octanol–water partition coefficient (Wildman–Crippen LogP) is 5.21. The molecule has 0 unspecified atom stereocenters. The Morgan fingerprint density at radius 3 is 2.61 bits per heavy atom. The first-order valence-electron chi connectivity index (χ1n) is 12.4. The van der Waals surface area contributed by atoms with E-state index in [0.717, 1.165) is 65.2 Å². The molecule has 4 aromatic rings. The summed E-state index contributed by atoms with van der Waals surface area (Å²) in [6, 6.07) is 19.9. The molecule has 3 heterocycles. The fraction of sp³-hybridized carbons (Fsp3) is 0.321. The first kappa shape index (κ1) is 24.5. The maximum Gasteiger partial charge on any atom is 0.224 e. The number of anilines is 1. The van der Waals surface area contributed by atoms with Crippen LogP contribution >= 0.6 is 15.9 Å². The topological polar surface area (TPSA) is 65.7 Å². The Hall–Kier alpha value is -3.23. The molecule has 8 heteroatoms. The van der Waals surface area contributed by atoms with Crippen LogP contribution in [0.15, 0.2) is 75.8 Å². The smallest absolute Gasteiger partial charge is 0.224 e. The van der Waals surface area contributed by atoms with Gasteiger partial charge in [0.05, 0.1) is 18.3 Å². The van der Waals surface area contributed by atoms with Crippen molar-refractivity contribution in [1.29, 1.82) is 0 Å². The molecule has 186 valence electrons. The normalized spacial score (nSPS) is 14.3. The van der Waals surface area contributed by atoms with Crippen LogP contribution < -0.4 is 4.90 Å². The molecule has 0 aliphatic carbocycles. The van der Waals surface area contributed by atoms with E-state index in [4.69, 9.17) is 14.4 Å². The first-order chi connectivity index (χ1) is 17.6. The quantitative estimate of drug-likeness (QED) is 0.301. The van der Waals surface area contributed by atoms with E-state index < -0.39 is 0 Å². The van der Waals surface area contributed by atoms with Gasteiger partial charge in [0.2, 0.25) is 5.91 Å². The summed E-state index contributed by atoms with van der Waals surface area (Å²) in [7, 11) is 0. The Labute approximate surface area is 219 Å². The van der Waals surface area contributed by atoms with Gasteiger partial charge in [-0.2, -0.15) is 0 Å². The van der Waals surface area contributed by atoms with Crippen molar-refractivity contribution < 1.29 is 9.21 Å². The standard InChI is InChI=1S/C28H30BrN5O2/c1-2-32-14-16-33(17-15-32)26(35)12-13-34(20-23-9-6-18-36-23)28-24-10-3-4-11-25(24)30-27(31-28)21-7-5-8-22(29)19-21/h3-11,18-19H,2,12-17,20H2,1H3. The van der Waals surface area contributed by atoms with Gasteiger partial charge in [-0.05, 0) is 42.9 Å². The molecule has 2 aromatic carbocycles. The minimum Gasteiger partial charge on any atom is -0.467 e. The number of amides is 1. The van der Waals surface area contributed by atoms with Crippen LogP contribution in [0, 0.1) is 0 Å². The van der Waals surface area contributed by atoms with E-state index in [0.29, 0.717) is 25.3 Å². The minimum atomic E-state index is 0.181. The lowest BCUT2D eigenvalue weighted by molar-refractivity contribution is -0.132. The maximum absolute atomic E-state index is 13.1. The molecule has 0 N–H and O–H groups in total. The molecule has 1 aliphatic rings. The number of carbonyl (C=O) groups excluding carboxylic acids is 1. The number of hydrogen-bond acceptors (Lipinski definition) is 6. The van der Waals surface area contributed by atoms with Crippen LogP contribution in [0.1, 0.15) is 19.1 Å². The van der Waals surface area contributed by atoms with E-state index in [9.17, 15) is 4.79 Å². The Morgan fingerprint density at radius 1 is 1.03 bits per heavy atom. The van der Waals surface area contributed by atoms with Gasteiger partial charge >= 0.3 is 0 Å². The summed E-state index contributed by atoms with van der Waals surface area (Å²) in [5.41, 5.74) is 1.79. The predicted molar refractivity (Wildman–Crippen MR) is 146 cm³/mol. The second-order valence-electron chi connectivity index (χ2n) is 8.96. The third-order valence-corrected chi connectivity index (χ3v) is 7.15. The van der Waals surface area contributed by atoms with Crippen molar-refractivity contribution in [3.05, 3.63) is 77.2 Å². The minimum absolute atomic E-state index is 0.181. The lowest BCUT2D eigenvalue weighted by Crippen LogP contribution is -2.49. The van der Waals surface area contributed by atoms with Crippen LogP contribution in [0.2, 0.25) is 0 Å². The van der Waals surface area contributed by atoms with Gasteiger partial charge in [-0.3, -0.25) is 4.79 Å². The molecule has 0 bridgehead atoms. The summed E-state index contributed by atoms with van der Waals surface area (Å²) in [6.07, 6.45) is 2.09. The molecule has 0 atom stereocenters. The third-order valence-electron chi connectivity index (χ3n) is 6.66. The number of hydrogen-bond donors (Lipinski definition) is 0. The van der Waals surface area contributed by atoms with Crippen molar-refractivity contribution >= 4 is 38.6 Å². The monoisotopic (exact) mass is 547 g/mol. The zero-order chi connectivity index (χ0) is 24.9. The van der Waals surface area contributed by atoms with Crippen LogP contribution in [0.4, 0.5) is 5.82 Å². The van der Waals surface area contributed by atoms with Crippen molar-refractivity contribution in [2.24, 2.45) is 0 Å². The summed E-state index contributed by atoms with van der Waals surface area (Å²) in [5, 5.41) is 0.951. The lowest BCUT2D eigenvalue weighted by Gasteiger charge is -2.34. The maximum atomic E-state index is 13.1. The number of para-hydroxylation sites is 1. The van der Waals surface area contributed by atoms with Gasteiger partial charge < -0.3 is 19.1 Å². The number of piperazine rings is 1. The average Bonchev–Trinajstić information content (AvgIpc) is 3.43. The summed E-state index contributed by atoms with van der Waals surface area (Å²) >= 11 is 3.56. The zero-order valence-corrected chi connectivity index (χ0v) is 22.0. The molecule has 1 fully saturated rings. The highest BCUT2D eigenvalue weighted by atomic mass is 79.9. The molecule has 7 nitrogen and oxygen atoms in total. The number of carbonyl (C=O) groups is 1. The number of nitrogens with zero attached hydrogens (tertiary/aromatic N) is 5. The summed E-state index contributed by atoms with van der Waals surface area (Å²) in [6.45, 7) is 7.69. The Kier molecular flexibility index (Phi) is 7.63. The van der Waals surface area contributed by atoms with E-state index >= 15 is 0 Å². The van der Waals surface area contributed by atoms with Crippen molar-refractivity contribution in [2.45, 2.75) is 19.9 Å². The molecule has 5 rings (SSSR count). The van der Waals surface area contributed by atoms with Crippen LogP contribution in [0.5, 0.6) is 0 Å². The number of halogens is 1. The number of rotatable bonds is 8. The number of furan rings is 1. The van der Waals surface area contributed by atoms with E-state index in [2.05, 4.69) is 32.7 Å². The van der Waals surface area contributed by atoms with Gasteiger partial charge in [0.25, 0.3) is 0 Å². The molecule has 36 heavy (non-hydrogen) atoms. The van der Waals surface area contributed by atoms with Gasteiger partial charge in [0, 0.05) is 54.6 Å². The largest absolute Gasteiger partial charge is 0.467 e. The Morgan fingerprint density at radius 2 is 1.86 bits per heavy atom. The number of aromatic nitrogens is 2. The molecular formula is C28H30BrN5O2. The molecule has 0 saturated carbocycles. The highest BCUT2D eigenvalue weighted by Crippen LogP contribution is 2.30. The molecule has 1 saturated heterocycles. The fourth-order valence-corrected chi connectivity index (χ4v) is 5.01. The summed E-state index contributed by atoms with van der Waals surface area (Å²) in [5.74, 6) is 2.46. The highest BCUT2D eigenvalue weighted by Gasteiger charge is 2.23. The van der Waals surface area contributed by atoms with Gasteiger partial charge in [-0.15, -0.1) is 0 Å². The molecule has 1 aliphatic heterocycles. The fourth-order valence-electron chi connectivity index (χ4n) is 4.61. The van der Waals surface area contributed by atoms with Crippen molar-refractivity contribution in [3.8, 4) is 11.4 Å². The number of likely N-dealkylation sites (N-methyl/N-ethyl adjacent to an activating group) is 1. The molecule has 1 amide bonds. The van der Waals surface area contributed by atoms with E-state index in [1.165, 1.54) is 0 Å². The average molecular weight is 548 g/mol. The van der Waals surface area contributed by atoms with Gasteiger partial charge in [-0.1, -0.05) is 47.1 Å². The van der Waals surface area contributed by atoms with Crippen molar-refractivity contribution in [2.75, 3.05) is 44.2 Å². The van der Waals surface area contributed by atoms with Crippen molar-refractivity contribution in [1.82, 2.24) is 19.8 Å². The van der Waals surface area contributed by atoms with E-state index in [-0.39, 0.29) is 5.91 Å². The Balaban J connectivity index is 1.46. The van der Waals surface area contributed by atoms with Gasteiger partial charge in [-0.25, -0.2) is 9.97 Å². The summed E-state index contributed by atoms with van der Waals surface area (Å²) < 4.78 is 6.66. The number of benzene rings is 2. The SMILES string of the molecule is CCN1CCN(C(=O)CCN(Cc2ccco2)c2nc(-c3cccc(Br)c3)nc3ccccc23)CC1. The van der Waals surface area contributed by atoms with Crippen LogP contribution in [0.3, 0.4) is 0 Å². The third kappa shape index (κ3) is 5.60. The highest BCUT2D eigenvalue weighted by molar-refractivity contribution is 9.10. The van der Waals surface area contributed by atoms with E-state index in [1.54, 1.807) is 6.26 Å². The first-order valence-corrected chi connectivity index (χ1v) is 13.2. The van der Waals surface area contributed by atoms with Crippen LogP contribution in [-0.4, -0.2) is 64.9 Å². The van der Waals surface area contributed by atoms with Gasteiger partial charge in [0.1, 0.15) is 11.6 Å². The Bertz CT molecular complexity index is 1320. The number of fused-ring (bicyclic) bond motifs is 1. The van der Waals surface area contributed by atoms with E-state index in [1.807, 2.05) is 65.6 Å². The molecule has 2 aromatic heterocycles. The summed E-state index contributed by atoms with van der Waals surface area (Å²) in [4.78, 5) is 29.5. The van der Waals surface area contributed by atoms with Crippen molar-refractivity contribution in [3.63, 3.8) is 0 Å². The molecular weight excluding hydrogens is 518 g/mol. The molecule has 0 spiro atoms. The van der Waals surface area contributed by atoms with Crippen LogP contribution in [0.25, 0.3) is 22.3 Å². The molecule has 0 radical (unpaired) electrons. The van der Waals surface area contributed by atoms with Crippen LogP contribution in [-0.2, 0) is 11.3 Å².